The summed E-state index contributed by atoms with van der Waals surface area (Å²) in [4.78, 5) is 16.1. The van der Waals surface area contributed by atoms with Crippen LogP contribution in [0, 0.1) is 0 Å². The van der Waals surface area contributed by atoms with Crippen LogP contribution in [0.4, 0.5) is 0 Å². The van der Waals surface area contributed by atoms with Gasteiger partial charge < -0.3 is 14.7 Å². The molecular weight excluding hydrogens is 316 g/mol. The minimum Gasteiger partial charge on any atom is -0.459 e. The molecule has 5 heteroatoms. The first-order valence-electron chi connectivity index (χ1n) is 9.76. The molecule has 0 fully saturated rings. The lowest BCUT2D eigenvalue weighted by Gasteiger charge is -2.27. The Morgan fingerprint density at radius 3 is 2.08 bits per heavy atom. The van der Waals surface area contributed by atoms with Gasteiger partial charge in [-0.2, -0.15) is 0 Å². The molecule has 0 aliphatic heterocycles. The molecule has 1 N–H and O–H groups in total. The summed E-state index contributed by atoms with van der Waals surface area (Å²) < 4.78 is 5.33. The highest BCUT2D eigenvalue weighted by Crippen LogP contribution is 2.17. The van der Waals surface area contributed by atoms with Crippen molar-refractivity contribution in [2.24, 2.45) is 0 Å². The monoisotopic (exact) mass is 358 g/mol. The zero-order valence-electron chi connectivity index (χ0n) is 17.7. The fraction of sp³-hybridized carbons (Fsp3) is 0.950. The number of carbonyl (C=O) groups is 1. The molecule has 0 rings (SSSR count). The Morgan fingerprint density at radius 2 is 1.52 bits per heavy atom. The Morgan fingerprint density at radius 1 is 0.920 bits per heavy atom. The maximum Gasteiger partial charge on any atom is 0.320 e. The SMILES string of the molecule is CCCCCN(C)CCC(C)(O)CCCN(C)CC(=O)OC(C)(C)C. The molecule has 1 atom stereocenters. The van der Waals surface area contributed by atoms with Crippen LogP contribution >= 0.6 is 0 Å². The maximum atomic E-state index is 11.8. The van der Waals surface area contributed by atoms with E-state index in [1.54, 1.807) is 0 Å². The van der Waals surface area contributed by atoms with E-state index in [1.165, 1.54) is 19.3 Å². The van der Waals surface area contributed by atoms with Gasteiger partial charge in [0.05, 0.1) is 12.1 Å². The number of aliphatic hydroxyl groups is 1. The minimum absolute atomic E-state index is 0.199. The van der Waals surface area contributed by atoms with E-state index < -0.39 is 11.2 Å². The van der Waals surface area contributed by atoms with Crippen molar-refractivity contribution in [3.05, 3.63) is 0 Å². The summed E-state index contributed by atoms with van der Waals surface area (Å²) in [6, 6.07) is 0. The van der Waals surface area contributed by atoms with Gasteiger partial charge in [-0.05, 0) is 80.6 Å². The number of ether oxygens (including phenoxy) is 1. The van der Waals surface area contributed by atoms with Crippen molar-refractivity contribution in [1.29, 1.82) is 0 Å². The Kier molecular flexibility index (Phi) is 11.6. The molecule has 0 spiro atoms. The third-order valence-electron chi connectivity index (χ3n) is 4.25. The summed E-state index contributed by atoms with van der Waals surface area (Å²) in [5.74, 6) is -0.199. The number of nitrogens with zero attached hydrogens (tertiary/aromatic N) is 2. The van der Waals surface area contributed by atoms with Crippen LogP contribution < -0.4 is 0 Å². The van der Waals surface area contributed by atoms with Crippen LogP contribution in [0.15, 0.2) is 0 Å². The Balaban J connectivity index is 3.94. The topological polar surface area (TPSA) is 53.0 Å². The minimum atomic E-state index is -0.647. The number of likely N-dealkylation sites (N-methyl/N-ethyl adjacent to an activating group) is 1. The average Bonchev–Trinajstić information content (AvgIpc) is 2.43. The molecule has 0 radical (unpaired) electrons. The van der Waals surface area contributed by atoms with Crippen LogP contribution in [-0.2, 0) is 9.53 Å². The van der Waals surface area contributed by atoms with E-state index in [1.807, 2.05) is 39.6 Å². The lowest BCUT2D eigenvalue weighted by Crippen LogP contribution is -2.35. The van der Waals surface area contributed by atoms with E-state index >= 15 is 0 Å². The first-order valence-corrected chi connectivity index (χ1v) is 9.76. The van der Waals surface area contributed by atoms with Gasteiger partial charge in [0.2, 0.25) is 0 Å². The molecule has 5 nitrogen and oxygen atoms in total. The largest absolute Gasteiger partial charge is 0.459 e. The Bertz CT molecular complexity index is 364. The summed E-state index contributed by atoms with van der Waals surface area (Å²) in [5, 5.41) is 10.5. The highest BCUT2D eigenvalue weighted by Gasteiger charge is 2.21. The summed E-state index contributed by atoms with van der Waals surface area (Å²) in [6.07, 6.45) is 6.13. The third kappa shape index (κ3) is 15.3. The van der Waals surface area contributed by atoms with Crippen LogP contribution in [0.2, 0.25) is 0 Å². The molecule has 0 aliphatic rings. The number of esters is 1. The fourth-order valence-electron chi connectivity index (χ4n) is 2.70. The van der Waals surface area contributed by atoms with Crippen molar-refractivity contribution in [3.63, 3.8) is 0 Å². The van der Waals surface area contributed by atoms with Crippen LogP contribution in [0.5, 0.6) is 0 Å². The molecular formula is C20H42N2O3. The second-order valence-electron chi connectivity index (χ2n) is 8.69. The predicted octanol–water partition coefficient (Wildman–Crippen LogP) is 3.30. The van der Waals surface area contributed by atoms with Gasteiger partial charge in [-0.1, -0.05) is 19.8 Å². The molecule has 0 bridgehead atoms. The lowest BCUT2D eigenvalue weighted by molar-refractivity contribution is -0.155. The zero-order valence-corrected chi connectivity index (χ0v) is 17.7. The van der Waals surface area contributed by atoms with Crippen LogP contribution in [0.3, 0.4) is 0 Å². The van der Waals surface area contributed by atoms with Crippen molar-refractivity contribution in [3.8, 4) is 0 Å². The van der Waals surface area contributed by atoms with Crippen molar-refractivity contribution in [2.75, 3.05) is 40.3 Å². The maximum absolute atomic E-state index is 11.8. The fourth-order valence-corrected chi connectivity index (χ4v) is 2.70. The molecule has 0 amide bonds. The van der Waals surface area contributed by atoms with Crippen molar-refractivity contribution in [2.45, 2.75) is 84.3 Å². The van der Waals surface area contributed by atoms with Gasteiger partial charge in [-0.3, -0.25) is 9.69 Å². The summed E-state index contributed by atoms with van der Waals surface area (Å²) >= 11 is 0. The lowest BCUT2D eigenvalue weighted by atomic mass is 9.95. The highest BCUT2D eigenvalue weighted by atomic mass is 16.6. The second-order valence-corrected chi connectivity index (χ2v) is 8.69. The average molecular weight is 359 g/mol. The number of rotatable bonds is 13. The number of hydrogen-bond donors (Lipinski definition) is 1. The zero-order chi connectivity index (χ0) is 19.5. The van der Waals surface area contributed by atoms with Crippen molar-refractivity contribution in [1.82, 2.24) is 9.80 Å². The summed E-state index contributed by atoms with van der Waals surface area (Å²) in [6.45, 7) is 12.9. The van der Waals surface area contributed by atoms with E-state index in [2.05, 4.69) is 18.9 Å². The van der Waals surface area contributed by atoms with Gasteiger partial charge in [-0.15, -0.1) is 0 Å². The van der Waals surface area contributed by atoms with E-state index in [0.717, 1.165) is 38.9 Å². The van der Waals surface area contributed by atoms with Gasteiger partial charge in [0, 0.05) is 6.54 Å². The van der Waals surface area contributed by atoms with E-state index in [-0.39, 0.29) is 5.97 Å². The van der Waals surface area contributed by atoms with Gasteiger partial charge in [0.25, 0.3) is 0 Å². The Hall–Kier alpha value is -0.650. The van der Waals surface area contributed by atoms with Crippen molar-refractivity contribution < 1.29 is 14.6 Å². The van der Waals surface area contributed by atoms with Gasteiger partial charge in [0.15, 0.2) is 0 Å². The first-order chi connectivity index (χ1) is 11.4. The molecule has 0 aromatic rings. The van der Waals surface area contributed by atoms with Crippen LogP contribution in [0.25, 0.3) is 0 Å². The molecule has 0 saturated carbocycles. The smallest absolute Gasteiger partial charge is 0.320 e. The molecule has 0 saturated heterocycles. The summed E-state index contributed by atoms with van der Waals surface area (Å²) in [7, 11) is 4.04. The van der Waals surface area contributed by atoms with Gasteiger partial charge >= 0.3 is 5.97 Å². The third-order valence-corrected chi connectivity index (χ3v) is 4.25. The molecule has 0 aromatic carbocycles. The number of hydrogen-bond acceptors (Lipinski definition) is 5. The van der Waals surface area contributed by atoms with Gasteiger partial charge in [0.1, 0.15) is 5.60 Å². The number of unbranched alkanes of at least 4 members (excludes halogenated alkanes) is 2. The van der Waals surface area contributed by atoms with E-state index in [4.69, 9.17) is 4.74 Å². The van der Waals surface area contributed by atoms with E-state index in [9.17, 15) is 9.90 Å². The van der Waals surface area contributed by atoms with E-state index in [0.29, 0.717) is 6.54 Å². The van der Waals surface area contributed by atoms with Crippen LogP contribution in [0.1, 0.15) is 73.1 Å². The molecule has 25 heavy (non-hydrogen) atoms. The van der Waals surface area contributed by atoms with Crippen LogP contribution in [-0.4, -0.2) is 72.4 Å². The Labute approximate surface area is 155 Å². The molecule has 0 aromatic heterocycles. The molecule has 150 valence electrons. The second kappa shape index (κ2) is 11.9. The standard InChI is InChI=1S/C20H42N2O3/c1-8-9-10-14-21(6)16-13-20(5,24)12-11-15-22(7)17-18(23)25-19(2,3)4/h24H,8-17H2,1-7H3. The highest BCUT2D eigenvalue weighted by molar-refractivity contribution is 5.72. The molecule has 1 unspecified atom stereocenters. The summed E-state index contributed by atoms with van der Waals surface area (Å²) in [5.41, 5.74) is -1.09. The quantitative estimate of drug-likeness (QED) is 0.404. The predicted molar refractivity (Wildman–Crippen MR) is 105 cm³/mol. The normalized spacial score (nSPS) is 14.8. The number of carbonyl (C=O) groups excluding carboxylic acids is 1. The molecule has 0 aliphatic carbocycles. The van der Waals surface area contributed by atoms with Gasteiger partial charge in [-0.25, -0.2) is 0 Å². The van der Waals surface area contributed by atoms with Crippen molar-refractivity contribution >= 4 is 5.97 Å². The first kappa shape index (κ1) is 24.4. The molecule has 0 heterocycles.